The zero-order chi connectivity index (χ0) is 13.8. The number of ether oxygens (including phenoxy) is 2. The van der Waals surface area contributed by atoms with Crippen molar-refractivity contribution in [3.8, 4) is 17.2 Å². The molecule has 1 fully saturated rings. The van der Waals surface area contributed by atoms with Crippen LogP contribution in [0.2, 0.25) is 0 Å². The number of nitrogens with one attached hydrogen (secondary N) is 1. The second-order valence-corrected chi connectivity index (χ2v) is 5.00. The normalized spacial score (nSPS) is 17.9. The van der Waals surface area contributed by atoms with Crippen LogP contribution >= 0.6 is 0 Å². The summed E-state index contributed by atoms with van der Waals surface area (Å²) in [6.07, 6.45) is 2.44. The van der Waals surface area contributed by atoms with E-state index in [0.29, 0.717) is 6.04 Å². The van der Waals surface area contributed by atoms with E-state index in [1.807, 2.05) is 36.4 Å². The predicted octanol–water partition coefficient (Wildman–Crippen LogP) is 3.91. The monoisotopic (exact) mass is 269 g/mol. The first kappa shape index (κ1) is 13.0. The molecule has 0 aromatic heterocycles. The molecule has 0 radical (unpaired) electrons. The molecule has 0 amide bonds. The van der Waals surface area contributed by atoms with Gasteiger partial charge in [0.1, 0.15) is 17.2 Å². The minimum atomic E-state index is 0.467. The first-order valence-corrected chi connectivity index (χ1v) is 7.00. The van der Waals surface area contributed by atoms with Crippen LogP contribution in [0.15, 0.2) is 48.5 Å². The third-order valence-electron chi connectivity index (χ3n) is 3.62. The summed E-state index contributed by atoms with van der Waals surface area (Å²) in [5.41, 5.74) is 1.30. The highest BCUT2D eigenvalue weighted by Crippen LogP contribution is 2.29. The summed E-state index contributed by atoms with van der Waals surface area (Å²) in [4.78, 5) is 0. The summed E-state index contributed by atoms with van der Waals surface area (Å²) in [7, 11) is 1.66. The maximum Gasteiger partial charge on any atom is 0.127 e. The summed E-state index contributed by atoms with van der Waals surface area (Å²) in [6.45, 7) is 1.11. The number of rotatable bonds is 4. The molecule has 0 bridgehead atoms. The highest BCUT2D eigenvalue weighted by molar-refractivity contribution is 5.37. The van der Waals surface area contributed by atoms with Crippen LogP contribution in [0, 0.1) is 0 Å². The van der Waals surface area contributed by atoms with E-state index >= 15 is 0 Å². The van der Waals surface area contributed by atoms with Crippen LogP contribution in [-0.2, 0) is 0 Å². The first-order chi connectivity index (χ1) is 9.85. The molecule has 1 aliphatic heterocycles. The molecule has 1 saturated heterocycles. The van der Waals surface area contributed by atoms with Gasteiger partial charge in [-0.05, 0) is 61.3 Å². The van der Waals surface area contributed by atoms with Crippen molar-refractivity contribution < 1.29 is 9.47 Å². The Morgan fingerprint density at radius 3 is 2.50 bits per heavy atom. The summed E-state index contributed by atoms with van der Waals surface area (Å²) in [6, 6.07) is 16.4. The Hall–Kier alpha value is -2.00. The molecular weight excluding hydrogens is 250 g/mol. The Labute approximate surface area is 119 Å². The predicted molar refractivity (Wildman–Crippen MR) is 79.5 cm³/mol. The van der Waals surface area contributed by atoms with Crippen molar-refractivity contribution in [2.75, 3.05) is 13.7 Å². The van der Waals surface area contributed by atoms with Crippen LogP contribution in [0.1, 0.15) is 24.4 Å². The molecule has 1 aliphatic rings. The molecule has 3 nitrogen and oxygen atoms in total. The minimum Gasteiger partial charge on any atom is -0.497 e. The van der Waals surface area contributed by atoms with Crippen molar-refractivity contribution in [2.24, 2.45) is 0 Å². The van der Waals surface area contributed by atoms with E-state index in [9.17, 15) is 0 Å². The second kappa shape index (κ2) is 5.97. The van der Waals surface area contributed by atoms with E-state index in [4.69, 9.17) is 9.47 Å². The molecule has 20 heavy (non-hydrogen) atoms. The van der Waals surface area contributed by atoms with E-state index in [0.717, 1.165) is 23.8 Å². The zero-order valence-corrected chi connectivity index (χ0v) is 11.6. The molecule has 0 spiro atoms. The van der Waals surface area contributed by atoms with Crippen molar-refractivity contribution in [1.82, 2.24) is 5.32 Å². The minimum absolute atomic E-state index is 0.467. The fourth-order valence-corrected chi connectivity index (χ4v) is 2.54. The first-order valence-electron chi connectivity index (χ1n) is 7.00. The van der Waals surface area contributed by atoms with E-state index in [2.05, 4.69) is 17.4 Å². The lowest BCUT2D eigenvalue weighted by Gasteiger charge is -2.13. The molecule has 1 unspecified atom stereocenters. The van der Waals surface area contributed by atoms with Gasteiger partial charge in [-0.15, -0.1) is 0 Å². The highest BCUT2D eigenvalue weighted by Gasteiger charge is 2.16. The fourth-order valence-electron chi connectivity index (χ4n) is 2.54. The molecule has 3 rings (SSSR count). The number of hydrogen-bond acceptors (Lipinski definition) is 3. The molecule has 1 N–H and O–H groups in total. The van der Waals surface area contributed by atoms with Gasteiger partial charge in [0, 0.05) is 6.04 Å². The molecule has 1 heterocycles. The van der Waals surface area contributed by atoms with Gasteiger partial charge in [0.2, 0.25) is 0 Å². The molecule has 0 aliphatic carbocycles. The van der Waals surface area contributed by atoms with Gasteiger partial charge in [-0.1, -0.05) is 12.1 Å². The quantitative estimate of drug-likeness (QED) is 0.912. The van der Waals surface area contributed by atoms with Crippen LogP contribution in [0.25, 0.3) is 0 Å². The molecular formula is C17H19NO2. The van der Waals surface area contributed by atoms with Crippen molar-refractivity contribution in [3.05, 3.63) is 54.1 Å². The maximum absolute atomic E-state index is 5.89. The van der Waals surface area contributed by atoms with Gasteiger partial charge in [0.05, 0.1) is 7.11 Å². The molecule has 2 aromatic carbocycles. The summed E-state index contributed by atoms with van der Waals surface area (Å²) < 4.78 is 11.0. The van der Waals surface area contributed by atoms with Gasteiger partial charge in [0.25, 0.3) is 0 Å². The topological polar surface area (TPSA) is 30.5 Å². The lowest BCUT2D eigenvalue weighted by Crippen LogP contribution is -2.12. The summed E-state index contributed by atoms with van der Waals surface area (Å²) >= 11 is 0. The Kier molecular flexibility index (Phi) is 3.88. The van der Waals surface area contributed by atoms with Gasteiger partial charge >= 0.3 is 0 Å². The van der Waals surface area contributed by atoms with Crippen molar-refractivity contribution in [2.45, 2.75) is 18.9 Å². The van der Waals surface area contributed by atoms with Crippen molar-refractivity contribution >= 4 is 0 Å². The standard InChI is InChI=1S/C17H19NO2/c1-19-14-7-9-15(10-8-14)20-16-5-2-4-13(12-16)17-6-3-11-18-17/h2,4-5,7-10,12,17-18H,3,6,11H2,1H3. The summed E-state index contributed by atoms with van der Waals surface area (Å²) in [5, 5.41) is 3.51. The van der Waals surface area contributed by atoms with E-state index in [1.54, 1.807) is 7.11 Å². The third kappa shape index (κ3) is 2.94. The SMILES string of the molecule is COc1ccc(Oc2cccc(C3CCCN3)c2)cc1. The lowest BCUT2D eigenvalue weighted by molar-refractivity contribution is 0.413. The zero-order valence-electron chi connectivity index (χ0n) is 11.6. The van der Waals surface area contributed by atoms with Crippen molar-refractivity contribution in [1.29, 1.82) is 0 Å². The fraction of sp³-hybridized carbons (Fsp3) is 0.294. The van der Waals surface area contributed by atoms with Crippen molar-refractivity contribution in [3.63, 3.8) is 0 Å². The Morgan fingerprint density at radius 1 is 1.00 bits per heavy atom. The van der Waals surface area contributed by atoms with E-state index in [-0.39, 0.29) is 0 Å². The van der Waals surface area contributed by atoms with Crippen LogP contribution in [0.3, 0.4) is 0 Å². The molecule has 104 valence electrons. The van der Waals surface area contributed by atoms with Gasteiger partial charge in [-0.25, -0.2) is 0 Å². The molecule has 3 heteroatoms. The Morgan fingerprint density at radius 2 is 1.80 bits per heavy atom. The number of hydrogen-bond donors (Lipinski definition) is 1. The Balaban J connectivity index is 1.74. The number of methoxy groups -OCH3 is 1. The molecule has 1 atom stereocenters. The lowest BCUT2D eigenvalue weighted by atomic mass is 10.1. The maximum atomic E-state index is 5.89. The second-order valence-electron chi connectivity index (χ2n) is 5.00. The van der Waals surface area contributed by atoms with E-state index < -0.39 is 0 Å². The van der Waals surface area contributed by atoms with Gasteiger partial charge < -0.3 is 14.8 Å². The van der Waals surface area contributed by atoms with Crippen LogP contribution in [-0.4, -0.2) is 13.7 Å². The molecule has 0 saturated carbocycles. The average Bonchev–Trinajstić information content (AvgIpc) is 3.03. The van der Waals surface area contributed by atoms with Gasteiger partial charge in [-0.2, -0.15) is 0 Å². The Bertz CT molecular complexity index is 559. The largest absolute Gasteiger partial charge is 0.497 e. The van der Waals surface area contributed by atoms with Crippen LogP contribution in [0.4, 0.5) is 0 Å². The smallest absolute Gasteiger partial charge is 0.127 e. The average molecular weight is 269 g/mol. The van der Waals surface area contributed by atoms with Gasteiger partial charge in [-0.3, -0.25) is 0 Å². The van der Waals surface area contributed by atoms with Gasteiger partial charge in [0.15, 0.2) is 0 Å². The van der Waals surface area contributed by atoms with Crippen LogP contribution < -0.4 is 14.8 Å². The van der Waals surface area contributed by atoms with Crippen LogP contribution in [0.5, 0.6) is 17.2 Å². The summed E-state index contributed by atoms with van der Waals surface area (Å²) in [5.74, 6) is 2.53. The highest BCUT2D eigenvalue weighted by atomic mass is 16.5. The van der Waals surface area contributed by atoms with E-state index in [1.165, 1.54) is 18.4 Å². The third-order valence-corrected chi connectivity index (χ3v) is 3.62. The molecule has 2 aromatic rings. The number of benzene rings is 2.